The fourth-order valence-electron chi connectivity index (χ4n) is 1.27. The lowest BCUT2D eigenvalue weighted by Gasteiger charge is -2.11. The fraction of sp³-hybridized carbons (Fsp3) is 0.538. The van der Waals surface area contributed by atoms with E-state index in [-0.39, 0.29) is 5.54 Å². The molecule has 0 N–H and O–H groups in total. The minimum atomic E-state index is -0.107. The van der Waals surface area contributed by atoms with Crippen molar-refractivity contribution < 1.29 is 0 Å². The van der Waals surface area contributed by atoms with Gasteiger partial charge in [0.15, 0.2) is 0 Å². The highest BCUT2D eigenvalue weighted by Gasteiger charge is 2.09. The van der Waals surface area contributed by atoms with Crippen molar-refractivity contribution in [2.24, 2.45) is 10.2 Å². The first-order chi connectivity index (χ1) is 6.90. The molecule has 0 unspecified atom stereocenters. The summed E-state index contributed by atoms with van der Waals surface area (Å²) in [7, 11) is 0. The largest absolute Gasteiger partial charge is 0.183 e. The summed E-state index contributed by atoms with van der Waals surface area (Å²) in [6, 6.07) is 8.18. The molecule has 0 saturated carbocycles. The fourth-order valence-corrected chi connectivity index (χ4v) is 1.27. The van der Waals surface area contributed by atoms with E-state index in [2.05, 4.69) is 50.9 Å². The van der Waals surface area contributed by atoms with Crippen molar-refractivity contribution in [3.8, 4) is 0 Å². The Morgan fingerprint density at radius 1 is 1.07 bits per heavy atom. The van der Waals surface area contributed by atoms with Gasteiger partial charge in [-0.05, 0) is 38.3 Å². The second-order valence-electron chi connectivity index (χ2n) is 5.08. The molecular weight excluding hydrogens is 184 g/mol. The number of benzene rings is 1. The molecule has 0 aliphatic heterocycles. The van der Waals surface area contributed by atoms with Gasteiger partial charge < -0.3 is 0 Å². The summed E-state index contributed by atoms with van der Waals surface area (Å²) in [6.07, 6.45) is 0. The first-order valence-electron chi connectivity index (χ1n) is 5.42. The highest BCUT2D eigenvalue weighted by Crippen LogP contribution is 2.27. The number of hydrogen-bond acceptors (Lipinski definition) is 2. The van der Waals surface area contributed by atoms with Crippen molar-refractivity contribution in [3.05, 3.63) is 29.8 Å². The molecule has 2 heteroatoms. The predicted octanol–water partition coefficient (Wildman–Crippen LogP) is 4.69. The Morgan fingerprint density at radius 3 is 2.20 bits per heavy atom. The van der Waals surface area contributed by atoms with E-state index in [1.807, 2.05) is 18.2 Å². The molecule has 0 saturated heterocycles. The van der Waals surface area contributed by atoms with E-state index in [1.54, 1.807) is 0 Å². The van der Waals surface area contributed by atoms with Gasteiger partial charge in [0.2, 0.25) is 0 Å². The van der Waals surface area contributed by atoms with E-state index in [1.165, 1.54) is 5.56 Å². The third-order valence-electron chi connectivity index (χ3n) is 2.02. The molecule has 0 atom stereocenters. The molecule has 0 amide bonds. The van der Waals surface area contributed by atoms with Gasteiger partial charge in [-0.15, -0.1) is 0 Å². The molecule has 15 heavy (non-hydrogen) atoms. The smallest absolute Gasteiger partial charge is 0.0887 e. The molecule has 1 aromatic carbocycles. The van der Waals surface area contributed by atoms with E-state index in [4.69, 9.17) is 0 Å². The van der Waals surface area contributed by atoms with E-state index in [9.17, 15) is 0 Å². The maximum atomic E-state index is 4.32. The minimum Gasteiger partial charge on any atom is -0.183 e. The van der Waals surface area contributed by atoms with Crippen molar-refractivity contribution >= 4 is 5.69 Å². The van der Waals surface area contributed by atoms with Gasteiger partial charge in [-0.3, -0.25) is 0 Å². The SMILES string of the molecule is CC(C)c1ccccc1N=NC(C)(C)C. The zero-order chi connectivity index (χ0) is 11.5. The van der Waals surface area contributed by atoms with Crippen LogP contribution in [0.5, 0.6) is 0 Å². The third-order valence-corrected chi connectivity index (χ3v) is 2.02. The Morgan fingerprint density at radius 2 is 1.67 bits per heavy atom. The predicted molar refractivity (Wildman–Crippen MR) is 64.8 cm³/mol. The molecule has 0 fully saturated rings. The number of hydrogen-bond donors (Lipinski definition) is 0. The van der Waals surface area contributed by atoms with E-state index < -0.39 is 0 Å². The Bertz CT molecular complexity index is 346. The van der Waals surface area contributed by atoms with Gasteiger partial charge in [0.1, 0.15) is 0 Å². The van der Waals surface area contributed by atoms with Crippen molar-refractivity contribution in [2.45, 2.75) is 46.1 Å². The van der Waals surface area contributed by atoms with Crippen LogP contribution in [0.1, 0.15) is 46.1 Å². The summed E-state index contributed by atoms with van der Waals surface area (Å²) >= 11 is 0. The highest BCUT2D eigenvalue weighted by molar-refractivity contribution is 5.46. The van der Waals surface area contributed by atoms with Crippen LogP contribution in [-0.4, -0.2) is 5.54 Å². The average molecular weight is 204 g/mol. The van der Waals surface area contributed by atoms with Crippen LogP contribution in [0.25, 0.3) is 0 Å². The van der Waals surface area contributed by atoms with Crippen LogP contribution in [0.15, 0.2) is 34.5 Å². The molecule has 0 radical (unpaired) electrons. The topological polar surface area (TPSA) is 24.7 Å². The minimum absolute atomic E-state index is 0.107. The van der Waals surface area contributed by atoms with Crippen molar-refractivity contribution in [1.82, 2.24) is 0 Å². The van der Waals surface area contributed by atoms with Gasteiger partial charge in [-0.1, -0.05) is 32.0 Å². The molecule has 0 spiro atoms. The maximum absolute atomic E-state index is 4.32. The molecule has 82 valence electrons. The Balaban J connectivity index is 2.99. The van der Waals surface area contributed by atoms with Crippen LogP contribution < -0.4 is 0 Å². The first kappa shape index (κ1) is 11.9. The van der Waals surface area contributed by atoms with E-state index in [0.717, 1.165) is 5.69 Å². The van der Waals surface area contributed by atoms with Gasteiger partial charge in [-0.2, -0.15) is 10.2 Å². The lowest BCUT2D eigenvalue weighted by molar-refractivity contribution is 0.551. The van der Waals surface area contributed by atoms with E-state index in [0.29, 0.717) is 5.92 Å². The van der Waals surface area contributed by atoms with Gasteiger partial charge in [0, 0.05) is 0 Å². The maximum Gasteiger partial charge on any atom is 0.0887 e. The number of nitrogens with zero attached hydrogens (tertiary/aromatic N) is 2. The lowest BCUT2D eigenvalue weighted by atomic mass is 10.0. The van der Waals surface area contributed by atoms with Gasteiger partial charge in [0.25, 0.3) is 0 Å². The standard InChI is InChI=1S/C13H20N2/c1-10(2)11-8-6-7-9-12(11)14-15-13(3,4)5/h6-10H,1-5H3. The second kappa shape index (κ2) is 4.56. The molecule has 0 bridgehead atoms. The monoisotopic (exact) mass is 204 g/mol. The molecule has 0 aromatic heterocycles. The molecule has 0 heterocycles. The van der Waals surface area contributed by atoms with Crippen LogP contribution in [0.4, 0.5) is 5.69 Å². The van der Waals surface area contributed by atoms with Crippen LogP contribution in [0.2, 0.25) is 0 Å². The van der Waals surface area contributed by atoms with Crippen LogP contribution >= 0.6 is 0 Å². The molecular formula is C13H20N2. The van der Waals surface area contributed by atoms with Gasteiger partial charge >= 0.3 is 0 Å². The molecule has 0 aliphatic carbocycles. The Kier molecular flexibility index (Phi) is 3.61. The summed E-state index contributed by atoms with van der Waals surface area (Å²) in [5.41, 5.74) is 2.14. The molecule has 0 aliphatic rings. The lowest BCUT2D eigenvalue weighted by Crippen LogP contribution is -2.07. The van der Waals surface area contributed by atoms with Crippen LogP contribution in [0.3, 0.4) is 0 Å². The van der Waals surface area contributed by atoms with Crippen molar-refractivity contribution in [2.75, 3.05) is 0 Å². The quantitative estimate of drug-likeness (QED) is 0.624. The zero-order valence-electron chi connectivity index (χ0n) is 10.3. The number of azo groups is 1. The summed E-state index contributed by atoms with van der Waals surface area (Å²) in [5, 5.41) is 8.62. The van der Waals surface area contributed by atoms with E-state index >= 15 is 0 Å². The van der Waals surface area contributed by atoms with Crippen LogP contribution in [0, 0.1) is 0 Å². The third kappa shape index (κ3) is 3.82. The number of rotatable bonds is 2. The molecule has 2 nitrogen and oxygen atoms in total. The normalized spacial score (nSPS) is 12.7. The average Bonchev–Trinajstić information content (AvgIpc) is 2.14. The summed E-state index contributed by atoms with van der Waals surface area (Å²) in [6.45, 7) is 10.5. The Labute approximate surface area is 92.4 Å². The Hall–Kier alpha value is -1.18. The summed E-state index contributed by atoms with van der Waals surface area (Å²) < 4.78 is 0. The second-order valence-corrected chi connectivity index (χ2v) is 5.08. The van der Waals surface area contributed by atoms with Crippen molar-refractivity contribution in [1.29, 1.82) is 0 Å². The first-order valence-corrected chi connectivity index (χ1v) is 5.42. The van der Waals surface area contributed by atoms with Crippen LogP contribution in [-0.2, 0) is 0 Å². The van der Waals surface area contributed by atoms with Gasteiger partial charge in [-0.25, -0.2) is 0 Å². The summed E-state index contributed by atoms with van der Waals surface area (Å²) in [4.78, 5) is 0. The molecule has 1 aromatic rings. The molecule has 1 rings (SSSR count). The summed E-state index contributed by atoms with van der Waals surface area (Å²) in [5.74, 6) is 0.486. The zero-order valence-corrected chi connectivity index (χ0v) is 10.3. The highest BCUT2D eigenvalue weighted by atomic mass is 15.1. The van der Waals surface area contributed by atoms with Gasteiger partial charge in [0.05, 0.1) is 11.2 Å². The van der Waals surface area contributed by atoms with Crippen molar-refractivity contribution in [3.63, 3.8) is 0 Å².